The van der Waals surface area contributed by atoms with Gasteiger partial charge in [-0.3, -0.25) is 0 Å². The Labute approximate surface area is 128 Å². The predicted molar refractivity (Wildman–Crippen MR) is 76.0 cm³/mol. The molecule has 8 nitrogen and oxygen atoms in total. The van der Waals surface area contributed by atoms with Crippen molar-refractivity contribution in [1.29, 1.82) is 0 Å². The largest absolute Gasteiger partial charge is 0.508 e. The van der Waals surface area contributed by atoms with E-state index in [0.29, 0.717) is 4.31 Å². The maximum absolute atomic E-state index is 12.1. The fourth-order valence-corrected chi connectivity index (χ4v) is 2.87. The van der Waals surface area contributed by atoms with Crippen molar-refractivity contribution in [3.05, 3.63) is 17.7 Å². The van der Waals surface area contributed by atoms with Crippen molar-refractivity contribution in [1.82, 2.24) is 4.31 Å². The third-order valence-electron chi connectivity index (χ3n) is 2.71. The van der Waals surface area contributed by atoms with Gasteiger partial charge in [0.1, 0.15) is 11.4 Å². The van der Waals surface area contributed by atoms with Gasteiger partial charge in [-0.25, -0.2) is 4.79 Å². The molecule has 122 valence electrons. The molecule has 0 aliphatic carbocycles. The number of aromatic hydroxyl groups is 1. The Morgan fingerprint density at radius 3 is 2.55 bits per heavy atom. The molecule has 0 spiro atoms. The quantitative estimate of drug-likeness (QED) is 0.836. The third-order valence-corrected chi connectivity index (χ3v) is 3.90. The lowest BCUT2D eigenvalue weighted by molar-refractivity contribution is 0.0362. The number of amides is 1. The number of methoxy groups -OCH3 is 1. The second-order valence-electron chi connectivity index (χ2n) is 5.66. The second kappa shape index (κ2) is 5.24. The summed E-state index contributed by atoms with van der Waals surface area (Å²) in [7, 11) is -3.05. The molecule has 1 aromatic carbocycles. The number of hydrogen-bond donors (Lipinski definition) is 1. The highest BCUT2D eigenvalue weighted by atomic mass is 32.2. The summed E-state index contributed by atoms with van der Waals surface area (Å²) in [6.45, 7) is 4.53. The number of carbonyl (C=O) groups excluding carboxylic acids is 1. The van der Waals surface area contributed by atoms with E-state index >= 15 is 0 Å². The van der Waals surface area contributed by atoms with Crippen LogP contribution >= 0.6 is 0 Å². The Balaban J connectivity index is 2.42. The fraction of sp³-hybridized carbons (Fsp3) is 0.462. The summed E-state index contributed by atoms with van der Waals surface area (Å²) in [5.41, 5.74) is -0.568. The van der Waals surface area contributed by atoms with Crippen LogP contribution in [0.5, 0.6) is 17.2 Å². The maximum Gasteiger partial charge on any atom is 0.427 e. The standard InChI is InChI=1S/C13H17NO7S/c1-13(2,3)20-12(16)14-7-8-5-9(15)6-10(19-4)11(8)21-22(14,17)18/h5-6,15H,7H2,1-4H3. The Morgan fingerprint density at radius 1 is 1.36 bits per heavy atom. The molecule has 22 heavy (non-hydrogen) atoms. The van der Waals surface area contributed by atoms with Crippen molar-refractivity contribution in [3.8, 4) is 17.2 Å². The van der Waals surface area contributed by atoms with Crippen molar-refractivity contribution in [2.24, 2.45) is 0 Å². The average Bonchev–Trinajstić information content (AvgIpc) is 2.34. The minimum absolute atomic E-state index is 0.0555. The first-order chi connectivity index (χ1) is 10.0. The Morgan fingerprint density at radius 2 is 2.00 bits per heavy atom. The molecular weight excluding hydrogens is 314 g/mol. The van der Waals surface area contributed by atoms with Crippen molar-refractivity contribution in [2.75, 3.05) is 7.11 Å². The fourth-order valence-electron chi connectivity index (χ4n) is 1.86. The molecule has 9 heteroatoms. The molecule has 0 saturated heterocycles. The molecule has 0 aromatic heterocycles. The Bertz CT molecular complexity index is 706. The molecule has 1 aliphatic rings. The lowest BCUT2D eigenvalue weighted by atomic mass is 10.1. The smallest absolute Gasteiger partial charge is 0.427 e. The van der Waals surface area contributed by atoms with Gasteiger partial charge < -0.3 is 18.8 Å². The first kappa shape index (κ1) is 16.2. The molecule has 0 radical (unpaired) electrons. The van der Waals surface area contributed by atoms with Crippen molar-refractivity contribution >= 4 is 16.4 Å². The number of benzene rings is 1. The first-order valence-corrected chi connectivity index (χ1v) is 7.75. The number of nitrogens with zero attached hydrogens (tertiary/aromatic N) is 1. The van der Waals surface area contributed by atoms with Crippen LogP contribution in [-0.4, -0.2) is 36.6 Å². The number of phenols is 1. The topological polar surface area (TPSA) is 102 Å². The number of carbonyl (C=O) groups is 1. The van der Waals surface area contributed by atoms with Gasteiger partial charge >= 0.3 is 16.4 Å². The van der Waals surface area contributed by atoms with E-state index in [9.17, 15) is 18.3 Å². The normalized spacial score (nSPS) is 16.5. The monoisotopic (exact) mass is 331 g/mol. The van der Waals surface area contributed by atoms with E-state index in [-0.39, 0.29) is 29.4 Å². The molecule has 0 saturated carbocycles. The van der Waals surface area contributed by atoms with Crippen LogP contribution in [0.2, 0.25) is 0 Å². The summed E-state index contributed by atoms with van der Waals surface area (Å²) >= 11 is 0. The van der Waals surface area contributed by atoms with Gasteiger partial charge in [0, 0.05) is 11.6 Å². The summed E-state index contributed by atoms with van der Waals surface area (Å²) in [5, 5.41) is 9.62. The van der Waals surface area contributed by atoms with Crippen LogP contribution in [-0.2, 0) is 21.6 Å². The summed E-state index contributed by atoms with van der Waals surface area (Å²) in [5.74, 6) is -0.134. The number of fused-ring (bicyclic) bond motifs is 1. The highest BCUT2D eigenvalue weighted by molar-refractivity contribution is 7.85. The van der Waals surface area contributed by atoms with Gasteiger partial charge in [0.05, 0.1) is 13.7 Å². The summed E-state index contributed by atoms with van der Waals surface area (Å²) in [6.07, 6.45) is -1.06. The second-order valence-corrected chi connectivity index (χ2v) is 7.13. The van der Waals surface area contributed by atoms with Gasteiger partial charge in [-0.05, 0) is 26.8 Å². The minimum Gasteiger partial charge on any atom is -0.508 e. The highest BCUT2D eigenvalue weighted by Gasteiger charge is 2.39. The molecule has 0 fully saturated rings. The van der Waals surface area contributed by atoms with E-state index in [2.05, 4.69) is 0 Å². The SMILES string of the molecule is COc1cc(O)cc2c1OS(=O)(=O)N(C(=O)OC(C)(C)C)C2. The van der Waals surface area contributed by atoms with E-state index in [1.807, 2.05) is 0 Å². The van der Waals surface area contributed by atoms with E-state index in [1.54, 1.807) is 20.8 Å². The maximum atomic E-state index is 12.1. The molecule has 1 aromatic rings. The molecule has 1 aliphatic heterocycles. The van der Waals surface area contributed by atoms with Crippen LogP contribution in [0.3, 0.4) is 0 Å². The predicted octanol–water partition coefficient (Wildman–Crippen LogP) is 1.78. The van der Waals surface area contributed by atoms with Crippen LogP contribution in [0.4, 0.5) is 4.79 Å². The van der Waals surface area contributed by atoms with Gasteiger partial charge in [-0.1, -0.05) is 0 Å². The molecule has 2 rings (SSSR count). The minimum atomic E-state index is -4.36. The lowest BCUT2D eigenvalue weighted by Gasteiger charge is -2.30. The number of phenolic OH excluding ortho intramolecular Hbond substituents is 1. The van der Waals surface area contributed by atoms with Crippen LogP contribution in [0.15, 0.2) is 12.1 Å². The lowest BCUT2D eigenvalue weighted by Crippen LogP contribution is -2.44. The molecule has 0 unspecified atom stereocenters. The van der Waals surface area contributed by atoms with Crippen LogP contribution < -0.4 is 8.92 Å². The van der Waals surface area contributed by atoms with Crippen LogP contribution in [0.25, 0.3) is 0 Å². The first-order valence-electron chi connectivity index (χ1n) is 6.38. The van der Waals surface area contributed by atoms with Gasteiger partial charge in [0.2, 0.25) is 0 Å². The molecule has 0 bridgehead atoms. The number of rotatable bonds is 1. The zero-order valence-corrected chi connectivity index (χ0v) is 13.4. The summed E-state index contributed by atoms with van der Waals surface area (Å²) in [4.78, 5) is 12.0. The van der Waals surface area contributed by atoms with Gasteiger partial charge in [-0.15, -0.1) is 0 Å². The summed E-state index contributed by atoms with van der Waals surface area (Å²) in [6, 6.07) is 2.52. The van der Waals surface area contributed by atoms with Gasteiger partial charge in [-0.2, -0.15) is 12.7 Å². The van der Waals surface area contributed by atoms with E-state index in [4.69, 9.17) is 13.7 Å². The van der Waals surface area contributed by atoms with Crippen LogP contribution in [0.1, 0.15) is 26.3 Å². The van der Waals surface area contributed by atoms with Gasteiger partial charge in [0.15, 0.2) is 11.5 Å². The van der Waals surface area contributed by atoms with E-state index < -0.39 is 22.0 Å². The van der Waals surface area contributed by atoms with Gasteiger partial charge in [0.25, 0.3) is 0 Å². The average molecular weight is 331 g/mol. The molecule has 1 N–H and O–H groups in total. The van der Waals surface area contributed by atoms with Crippen molar-refractivity contribution in [3.63, 3.8) is 0 Å². The zero-order chi connectivity index (χ0) is 16.7. The molecule has 0 atom stereocenters. The molecule has 1 amide bonds. The highest BCUT2D eigenvalue weighted by Crippen LogP contribution is 2.40. The molecular formula is C13H17NO7S. The van der Waals surface area contributed by atoms with E-state index in [0.717, 1.165) is 0 Å². The number of ether oxygens (including phenoxy) is 2. The number of hydrogen-bond acceptors (Lipinski definition) is 7. The van der Waals surface area contributed by atoms with E-state index in [1.165, 1.54) is 19.2 Å². The zero-order valence-electron chi connectivity index (χ0n) is 12.6. The van der Waals surface area contributed by atoms with Crippen LogP contribution in [0, 0.1) is 0 Å². The Kier molecular flexibility index (Phi) is 3.86. The summed E-state index contributed by atoms with van der Waals surface area (Å²) < 4.78 is 39.6. The van der Waals surface area contributed by atoms with Crippen molar-refractivity contribution in [2.45, 2.75) is 32.9 Å². The Hall–Kier alpha value is -2.16. The van der Waals surface area contributed by atoms with Crippen molar-refractivity contribution < 1.29 is 32.0 Å². The third kappa shape index (κ3) is 3.19. The molecule has 1 heterocycles.